The molecule has 0 amide bonds. The van der Waals surface area contributed by atoms with E-state index in [-0.39, 0.29) is 11.5 Å². The Morgan fingerprint density at radius 1 is 1.25 bits per heavy atom. The highest BCUT2D eigenvalue weighted by Crippen LogP contribution is 2.36. The lowest BCUT2D eigenvalue weighted by Gasteiger charge is -2.17. The fraction of sp³-hybridized carbons (Fsp3) is 0.250. The first-order chi connectivity index (χ1) is 7.59. The minimum Gasteiger partial charge on any atom is -0.691 e. The van der Waals surface area contributed by atoms with E-state index in [0.717, 1.165) is 0 Å². The molecule has 0 N–H and O–H groups in total. The Morgan fingerprint density at radius 3 is 2.44 bits per heavy atom. The maximum Gasteiger partial charge on any atom is 0.482 e. The van der Waals surface area contributed by atoms with Gasteiger partial charge in [-0.3, -0.25) is 5.04 Å². The van der Waals surface area contributed by atoms with E-state index in [2.05, 4.69) is 14.1 Å². The fourth-order valence-corrected chi connectivity index (χ4v) is 1.13. The standard InChI is InChI=1S/C8H8F2O5S/c1-12-6-4-2-3-5-7(6)13-8(9,10)16-15-14-11/h2-5,11H,1H3/p-1. The van der Waals surface area contributed by atoms with Crippen LogP contribution in [0.25, 0.3) is 0 Å². The number of halogens is 2. The molecule has 0 saturated carbocycles. The van der Waals surface area contributed by atoms with Gasteiger partial charge in [0.1, 0.15) is 0 Å². The summed E-state index contributed by atoms with van der Waals surface area (Å²) >= 11 is -0.553. The third-order valence-electron chi connectivity index (χ3n) is 1.46. The molecular formula is C8H7F2O5S-. The van der Waals surface area contributed by atoms with Gasteiger partial charge in [0.2, 0.25) is 0 Å². The summed E-state index contributed by atoms with van der Waals surface area (Å²) in [5, 5.41) is 12.2. The smallest absolute Gasteiger partial charge is 0.482 e. The molecule has 1 aromatic carbocycles. The molecule has 0 fully saturated rings. The van der Waals surface area contributed by atoms with E-state index in [9.17, 15) is 14.0 Å². The van der Waals surface area contributed by atoms with E-state index in [0.29, 0.717) is 0 Å². The van der Waals surface area contributed by atoms with Crippen LogP contribution in [0.1, 0.15) is 0 Å². The largest absolute Gasteiger partial charge is 0.691 e. The van der Waals surface area contributed by atoms with Gasteiger partial charge in [-0.15, -0.1) is 0 Å². The zero-order valence-corrected chi connectivity index (χ0v) is 8.83. The van der Waals surface area contributed by atoms with Crippen molar-refractivity contribution in [1.29, 1.82) is 0 Å². The van der Waals surface area contributed by atoms with Gasteiger partial charge in [-0.05, 0) is 12.1 Å². The summed E-state index contributed by atoms with van der Waals surface area (Å²) in [6, 6.07) is 5.81. The minimum atomic E-state index is -3.76. The molecule has 1 rings (SSSR count). The first-order valence-corrected chi connectivity index (χ1v) is 4.67. The van der Waals surface area contributed by atoms with Crippen molar-refractivity contribution in [2.75, 3.05) is 7.11 Å². The second-order valence-electron chi connectivity index (χ2n) is 2.44. The summed E-state index contributed by atoms with van der Waals surface area (Å²) in [6.45, 7) is 0. The molecule has 0 radical (unpaired) electrons. The summed E-state index contributed by atoms with van der Waals surface area (Å²) in [7, 11) is 1.31. The van der Waals surface area contributed by atoms with E-state index in [1.807, 2.05) is 0 Å². The summed E-state index contributed by atoms with van der Waals surface area (Å²) in [5.74, 6) is -0.0529. The molecule has 0 aromatic heterocycles. The second-order valence-corrected chi connectivity index (χ2v) is 3.21. The Balaban J connectivity index is 2.71. The third kappa shape index (κ3) is 3.81. The maximum atomic E-state index is 13.0. The molecule has 0 bridgehead atoms. The van der Waals surface area contributed by atoms with Gasteiger partial charge in [0.05, 0.1) is 7.11 Å². The van der Waals surface area contributed by atoms with Gasteiger partial charge in [0.25, 0.3) is 0 Å². The molecule has 5 nitrogen and oxygen atoms in total. The molecule has 0 aliphatic rings. The second kappa shape index (κ2) is 5.85. The molecule has 0 spiro atoms. The first kappa shape index (κ1) is 13.0. The van der Waals surface area contributed by atoms with Crippen LogP contribution in [0, 0.1) is 0 Å². The number of rotatable bonds is 6. The Bertz CT molecular complexity index is 336. The van der Waals surface area contributed by atoms with Crippen molar-refractivity contribution in [2.45, 2.75) is 5.44 Å². The lowest BCUT2D eigenvalue weighted by Crippen LogP contribution is -2.21. The molecule has 16 heavy (non-hydrogen) atoms. The van der Waals surface area contributed by atoms with E-state index < -0.39 is 17.5 Å². The van der Waals surface area contributed by atoms with Crippen LogP contribution in [0.5, 0.6) is 11.5 Å². The van der Waals surface area contributed by atoms with Crippen LogP contribution in [0.15, 0.2) is 24.3 Å². The normalized spacial score (nSPS) is 11.2. The van der Waals surface area contributed by atoms with E-state index >= 15 is 0 Å². The van der Waals surface area contributed by atoms with Crippen LogP contribution in [-0.2, 0) is 9.37 Å². The summed E-state index contributed by atoms with van der Waals surface area (Å²) in [5.41, 5.74) is -3.76. The van der Waals surface area contributed by atoms with Crippen LogP contribution >= 0.6 is 12.0 Å². The van der Waals surface area contributed by atoms with Gasteiger partial charge in [-0.1, -0.05) is 12.1 Å². The lowest BCUT2D eigenvalue weighted by molar-refractivity contribution is -0.777. The molecule has 0 unspecified atom stereocenters. The van der Waals surface area contributed by atoms with Gasteiger partial charge >= 0.3 is 5.44 Å². The first-order valence-electron chi connectivity index (χ1n) is 3.93. The molecule has 0 aliphatic carbocycles. The predicted octanol–water partition coefficient (Wildman–Crippen LogP) is 1.50. The van der Waals surface area contributed by atoms with Gasteiger partial charge in [0, 0.05) is 0 Å². The Hall–Kier alpha value is -1.09. The van der Waals surface area contributed by atoms with Crippen LogP contribution in [-0.4, -0.2) is 12.6 Å². The Labute approximate surface area is 93.9 Å². The molecule has 8 heteroatoms. The highest BCUT2D eigenvalue weighted by atomic mass is 32.2. The Morgan fingerprint density at radius 2 is 1.88 bits per heavy atom. The van der Waals surface area contributed by atoms with Crippen molar-refractivity contribution < 1.29 is 32.9 Å². The summed E-state index contributed by atoms with van der Waals surface area (Å²) < 4.78 is 38.5. The van der Waals surface area contributed by atoms with Crippen molar-refractivity contribution in [3.63, 3.8) is 0 Å². The van der Waals surface area contributed by atoms with Crippen LogP contribution < -0.4 is 14.7 Å². The highest BCUT2D eigenvalue weighted by Gasteiger charge is 2.36. The number of hydrogen-bond acceptors (Lipinski definition) is 6. The van der Waals surface area contributed by atoms with E-state index in [1.54, 1.807) is 6.07 Å². The lowest BCUT2D eigenvalue weighted by atomic mass is 10.3. The number of para-hydroxylation sites is 2. The average molecular weight is 253 g/mol. The van der Waals surface area contributed by atoms with Crippen molar-refractivity contribution >= 4 is 12.0 Å². The van der Waals surface area contributed by atoms with Gasteiger partial charge in [-0.25, -0.2) is 0 Å². The molecule has 0 heterocycles. The zero-order valence-electron chi connectivity index (χ0n) is 8.01. The fourth-order valence-electron chi connectivity index (χ4n) is 0.902. The topological polar surface area (TPSA) is 60.0 Å². The number of ether oxygens (including phenoxy) is 2. The highest BCUT2D eigenvalue weighted by molar-refractivity contribution is 7.95. The molecule has 0 atom stereocenters. The molecule has 1 aromatic rings. The van der Waals surface area contributed by atoms with Gasteiger partial charge in [0.15, 0.2) is 23.5 Å². The van der Waals surface area contributed by atoms with Crippen LogP contribution in [0.2, 0.25) is 0 Å². The van der Waals surface area contributed by atoms with Gasteiger partial charge < -0.3 is 14.7 Å². The number of benzene rings is 1. The number of hydrogen-bond donors (Lipinski definition) is 0. The molecule has 90 valence electrons. The third-order valence-corrected chi connectivity index (χ3v) is 1.86. The quantitative estimate of drug-likeness (QED) is 0.331. The van der Waals surface area contributed by atoms with E-state index in [1.165, 1.54) is 25.3 Å². The SMILES string of the molecule is COc1ccccc1OC(F)(F)SOO[O-]. The summed E-state index contributed by atoms with van der Waals surface area (Å²) in [4.78, 5) is 0. The van der Waals surface area contributed by atoms with Crippen molar-refractivity contribution in [2.24, 2.45) is 0 Å². The monoisotopic (exact) mass is 253 g/mol. The zero-order chi connectivity index (χ0) is 12.0. The minimum absolute atomic E-state index is 0.130. The van der Waals surface area contributed by atoms with Crippen LogP contribution in [0.4, 0.5) is 8.78 Å². The molecule has 0 saturated heterocycles. The average Bonchev–Trinajstić information content (AvgIpc) is 2.27. The molecular weight excluding hydrogens is 246 g/mol. The number of alkyl halides is 2. The molecule has 0 aliphatic heterocycles. The van der Waals surface area contributed by atoms with E-state index in [4.69, 9.17) is 4.74 Å². The van der Waals surface area contributed by atoms with Crippen molar-refractivity contribution in [3.05, 3.63) is 24.3 Å². The van der Waals surface area contributed by atoms with Gasteiger partial charge in [-0.2, -0.15) is 13.1 Å². The number of methoxy groups -OCH3 is 1. The van der Waals surface area contributed by atoms with Crippen molar-refractivity contribution in [3.8, 4) is 11.5 Å². The van der Waals surface area contributed by atoms with Crippen molar-refractivity contribution in [1.82, 2.24) is 0 Å². The maximum absolute atomic E-state index is 13.0. The Kier molecular flexibility index (Phi) is 4.74. The summed E-state index contributed by atoms with van der Waals surface area (Å²) in [6.07, 6.45) is 0. The predicted molar refractivity (Wildman–Crippen MR) is 48.3 cm³/mol. The van der Waals surface area contributed by atoms with Crippen LogP contribution in [0.3, 0.4) is 0 Å².